The minimum Gasteiger partial charge on any atom is -0.385 e. The summed E-state index contributed by atoms with van der Waals surface area (Å²) >= 11 is 1.41. The lowest BCUT2D eigenvalue weighted by molar-refractivity contribution is -0.122. The molecule has 1 amide bonds. The molecule has 124 valence electrons. The topological polar surface area (TPSA) is 51.2 Å². The maximum atomic E-state index is 13.9. The summed E-state index contributed by atoms with van der Waals surface area (Å²) in [6.07, 6.45) is 1.12. The highest BCUT2D eigenvalue weighted by Gasteiger charge is 2.18. The van der Waals surface area contributed by atoms with E-state index in [1.54, 1.807) is 25.3 Å². The summed E-state index contributed by atoms with van der Waals surface area (Å²) in [7, 11) is 1.62. The number of nitrogens with zero attached hydrogens (tertiary/aromatic N) is 1. The van der Waals surface area contributed by atoms with Crippen LogP contribution in [-0.2, 0) is 9.53 Å². The van der Waals surface area contributed by atoms with E-state index in [4.69, 9.17) is 4.74 Å². The van der Waals surface area contributed by atoms with E-state index in [1.165, 1.54) is 17.4 Å². The van der Waals surface area contributed by atoms with Gasteiger partial charge in [-0.25, -0.2) is 9.37 Å². The second kappa shape index (κ2) is 8.17. The van der Waals surface area contributed by atoms with Crippen LogP contribution >= 0.6 is 11.3 Å². The molecular formula is C17H21FN2O2S. The maximum absolute atomic E-state index is 13.9. The number of benzene rings is 1. The fourth-order valence-electron chi connectivity index (χ4n) is 2.32. The number of rotatable bonds is 7. The quantitative estimate of drug-likeness (QED) is 0.781. The third-order valence-electron chi connectivity index (χ3n) is 3.46. The number of amides is 1. The number of aryl methyl sites for hydroxylation is 1. The van der Waals surface area contributed by atoms with Gasteiger partial charge >= 0.3 is 0 Å². The van der Waals surface area contributed by atoms with Crippen LogP contribution < -0.4 is 5.32 Å². The number of hydrogen-bond donors (Lipinski definition) is 1. The van der Waals surface area contributed by atoms with E-state index in [0.717, 1.165) is 10.6 Å². The molecule has 0 fully saturated rings. The van der Waals surface area contributed by atoms with E-state index in [0.29, 0.717) is 30.0 Å². The maximum Gasteiger partial charge on any atom is 0.220 e. The molecule has 0 spiro atoms. The molecule has 1 unspecified atom stereocenters. The average Bonchev–Trinajstić information content (AvgIpc) is 2.90. The molecule has 1 aromatic heterocycles. The van der Waals surface area contributed by atoms with Crippen LogP contribution in [0.25, 0.3) is 10.6 Å². The van der Waals surface area contributed by atoms with Crippen molar-refractivity contribution in [2.45, 2.75) is 32.7 Å². The predicted octanol–water partition coefficient (Wildman–Crippen LogP) is 3.86. The number of hydrogen-bond acceptors (Lipinski definition) is 4. The summed E-state index contributed by atoms with van der Waals surface area (Å²) < 4.78 is 18.8. The fraction of sp³-hybridized carbons (Fsp3) is 0.412. The molecule has 1 aromatic carbocycles. The number of thiazole rings is 1. The number of carbonyl (C=O) groups is 1. The Kier molecular flexibility index (Phi) is 6.24. The van der Waals surface area contributed by atoms with Gasteiger partial charge in [0.05, 0.1) is 16.6 Å². The van der Waals surface area contributed by atoms with Crippen LogP contribution in [-0.4, -0.2) is 24.6 Å². The van der Waals surface area contributed by atoms with Gasteiger partial charge in [-0.3, -0.25) is 4.79 Å². The zero-order valence-electron chi connectivity index (χ0n) is 13.6. The van der Waals surface area contributed by atoms with Crippen LogP contribution in [0.5, 0.6) is 0 Å². The Morgan fingerprint density at radius 1 is 1.43 bits per heavy atom. The van der Waals surface area contributed by atoms with Gasteiger partial charge in [-0.2, -0.15) is 0 Å². The van der Waals surface area contributed by atoms with Gasteiger partial charge in [-0.1, -0.05) is 12.1 Å². The highest BCUT2D eigenvalue weighted by molar-refractivity contribution is 7.15. The van der Waals surface area contributed by atoms with Crippen molar-refractivity contribution < 1.29 is 13.9 Å². The predicted molar refractivity (Wildman–Crippen MR) is 89.9 cm³/mol. The van der Waals surface area contributed by atoms with Gasteiger partial charge in [-0.15, -0.1) is 11.3 Å². The number of nitrogens with one attached hydrogen (secondary N) is 1. The summed E-state index contributed by atoms with van der Waals surface area (Å²) in [4.78, 5) is 17.3. The third kappa shape index (κ3) is 4.59. The van der Waals surface area contributed by atoms with Crippen LogP contribution in [0.3, 0.4) is 0 Å². The van der Waals surface area contributed by atoms with Crippen molar-refractivity contribution >= 4 is 17.2 Å². The molecule has 1 heterocycles. The van der Waals surface area contributed by atoms with Crippen molar-refractivity contribution in [1.29, 1.82) is 0 Å². The molecule has 1 atom stereocenters. The van der Waals surface area contributed by atoms with Gasteiger partial charge in [-0.05, 0) is 32.4 Å². The zero-order chi connectivity index (χ0) is 16.8. The molecule has 0 aliphatic heterocycles. The molecule has 2 aromatic rings. The molecule has 23 heavy (non-hydrogen) atoms. The monoisotopic (exact) mass is 336 g/mol. The van der Waals surface area contributed by atoms with Gasteiger partial charge in [0.1, 0.15) is 10.8 Å². The lowest BCUT2D eigenvalue weighted by Gasteiger charge is -2.12. The molecule has 1 N–H and O–H groups in total. The van der Waals surface area contributed by atoms with E-state index in [2.05, 4.69) is 10.3 Å². The highest BCUT2D eigenvalue weighted by atomic mass is 32.1. The van der Waals surface area contributed by atoms with Crippen LogP contribution in [0, 0.1) is 12.7 Å². The van der Waals surface area contributed by atoms with Gasteiger partial charge in [0.2, 0.25) is 5.91 Å². The Hall–Kier alpha value is -1.79. The first-order valence-corrected chi connectivity index (χ1v) is 8.35. The Bertz CT molecular complexity index is 672. The summed E-state index contributed by atoms with van der Waals surface area (Å²) in [6.45, 7) is 4.36. The number of aromatic nitrogens is 1. The van der Waals surface area contributed by atoms with Crippen molar-refractivity contribution in [3.05, 3.63) is 40.7 Å². The Labute approximate surface area is 139 Å². The lowest BCUT2D eigenvalue weighted by Crippen LogP contribution is -2.26. The number of ether oxygens (including phenoxy) is 1. The normalized spacial score (nSPS) is 12.2. The molecule has 4 nitrogen and oxygen atoms in total. The molecule has 0 saturated heterocycles. The van der Waals surface area contributed by atoms with E-state index in [9.17, 15) is 9.18 Å². The first-order chi connectivity index (χ1) is 11.0. The van der Waals surface area contributed by atoms with Crippen LogP contribution in [0.15, 0.2) is 24.3 Å². The van der Waals surface area contributed by atoms with E-state index < -0.39 is 0 Å². The molecule has 6 heteroatoms. The molecule has 0 aliphatic rings. The largest absolute Gasteiger partial charge is 0.385 e. The van der Waals surface area contributed by atoms with Crippen molar-refractivity contribution in [3.63, 3.8) is 0 Å². The smallest absolute Gasteiger partial charge is 0.220 e. The van der Waals surface area contributed by atoms with Gasteiger partial charge in [0, 0.05) is 25.7 Å². The third-order valence-corrected chi connectivity index (χ3v) is 4.83. The summed E-state index contributed by atoms with van der Waals surface area (Å²) in [5, 5.41) is 3.59. The fourth-order valence-corrected chi connectivity index (χ4v) is 3.41. The van der Waals surface area contributed by atoms with E-state index in [-0.39, 0.29) is 17.8 Å². The van der Waals surface area contributed by atoms with Gasteiger partial charge < -0.3 is 10.1 Å². The lowest BCUT2D eigenvalue weighted by atomic mass is 10.2. The van der Waals surface area contributed by atoms with E-state index >= 15 is 0 Å². The van der Waals surface area contributed by atoms with Gasteiger partial charge in [0.25, 0.3) is 0 Å². The molecule has 2 rings (SSSR count). The zero-order valence-corrected chi connectivity index (χ0v) is 14.4. The molecule has 0 aliphatic carbocycles. The average molecular weight is 336 g/mol. The van der Waals surface area contributed by atoms with Crippen molar-refractivity contribution in [1.82, 2.24) is 10.3 Å². The standard InChI is InChI=1S/C17H21FN2O2S/c1-11(19-15(21)9-6-10-22-3)16-12(2)20-17(23-16)13-7-4-5-8-14(13)18/h4-5,7-8,11H,6,9-10H2,1-3H3,(H,19,21). The Morgan fingerprint density at radius 2 is 2.17 bits per heavy atom. The van der Waals surface area contributed by atoms with Crippen LogP contribution in [0.1, 0.15) is 36.4 Å². The van der Waals surface area contributed by atoms with Gasteiger partial charge in [0.15, 0.2) is 0 Å². The van der Waals surface area contributed by atoms with Crippen LogP contribution in [0.2, 0.25) is 0 Å². The molecule has 0 radical (unpaired) electrons. The Morgan fingerprint density at radius 3 is 2.87 bits per heavy atom. The number of carbonyl (C=O) groups excluding carboxylic acids is 1. The summed E-state index contributed by atoms with van der Waals surface area (Å²) in [5.74, 6) is -0.307. The summed E-state index contributed by atoms with van der Waals surface area (Å²) in [6, 6.07) is 6.43. The van der Waals surface area contributed by atoms with Crippen molar-refractivity contribution in [2.24, 2.45) is 0 Å². The molecule has 0 bridgehead atoms. The number of halogens is 1. The Balaban J connectivity index is 2.09. The molecular weight excluding hydrogens is 315 g/mol. The summed E-state index contributed by atoms with van der Waals surface area (Å²) in [5.41, 5.74) is 1.31. The van der Waals surface area contributed by atoms with Crippen molar-refractivity contribution in [3.8, 4) is 10.6 Å². The van der Waals surface area contributed by atoms with Crippen LogP contribution in [0.4, 0.5) is 4.39 Å². The second-order valence-corrected chi connectivity index (χ2v) is 6.36. The second-order valence-electron chi connectivity index (χ2n) is 5.33. The first-order valence-electron chi connectivity index (χ1n) is 7.53. The number of methoxy groups -OCH3 is 1. The highest BCUT2D eigenvalue weighted by Crippen LogP contribution is 2.32. The van der Waals surface area contributed by atoms with E-state index in [1.807, 2.05) is 13.8 Å². The minimum atomic E-state index is -0.288. The SMILES string of the molecule is COCCCC(=O)NC(C)c1sc(-c2ccccc2F)nc1C. The van der Waals surface area contributed by atoms with Crippen molar-refractivity contribution in [2.75, 3.05) is 13.7 Å². The molecule has 0 saturated carbocycles. The minimum absolute atomic E-state index is 0.0187. The first kappa shape index (κ1) is 17.6.